The molecule has 1 aromatic heterocycles. The van der Waals surface area contributed by atoms with Crippen molar-refractivity contribution >= 4 is 28.0 Å². The van der Waals surface area contributed by atoms with Crippen LogP contribution in [0.2, 0.25) is 0 Å². The van der Waals surface area contributed by atoms with Gasteiger partial charge in [-0.3, -0.25) is 9.89 Å². The van der Waals surface area contributed by atoms with E-state index in [1.807, 2.05) is 49.4 Å². The van der Waals surface area contributed by atoms with Crippen molar-refractivity contribution in [1.82, 2.24) is 20.4 Å². The Kier molecular flexibility index (Phi) is 9.22. The minimum atomic E-state index is -0.875. The highest BCUT2D eigenvalue weighted by Crippen LogP contribution is 2.36. The van der Waals surface area contributed by atoms with Crippen LogP contribution in [-0.4, -0.2) is 54.8 Å². The van der Waals surface area contributed by atoms with E-state index in [2.05, 4.69) is 15.5 Å². The number of aromatic amines is 1. The Morgan fingerprint density at radius 3 is 2.46 bits per heavy atom. The molecular formula is C31H32F2N4O2. The van der Waals surface area contributed by atoms with Gasteiger partial charge in [-0.15, -0.1) is 0 Å². The van der Waals surface area contributed by atoms with Crippen LogP contribution in [0.25, 0.3) is 22.0 Å². The molecule has 202 valence electrons. The van der Waals surface area contributed by atoms with Gasteiger partial charge in [0.2, 0.25) is 5.91 Å². The first-order valence-corrected chi connectivity index (χ1v) is 12.8. The van der Waals surface area contributed by atoms with Crippen molar-refractivity contribution in [3.63, 3.8) is 0 Å². The van der Waals surface area contributed by atoms with Crippen molar-refractivity contribution in [2.45, 2.75) is 13.3 Å². The fraction of sp³-hybridized carbons (Fsp3) is 0.226. The topological polar surface area (TPSA) is 70.2 Å². The van der Waals surface area contributed by atoms with Gasteiger partial charge in [0.05, 0.1) is 11.7 Å². The molecule has 0 unspecified atom stereocenters. The van der Waals surface area contributed by atoms with Crippen LogP contribution < -0.4 is 10.1 Å². The number of fused-ring (bicyclic) bond motifs is 1. The number of nitrogens with one attached hydrogen (secondary N) is 2. The van der Waals surface area contributed by atoms with Crippen LogP contribution in [-0.2, 0) is 4.79 Å². The van der Waals surface area contributed by atoms with Gasteiger partial charge in [0.15, 0.2) is 11.6 Å². The van der Waals surface area contributed by atoms with Crippen molar-refractivity contribution < 1.29 is 18.3 Å². The monoisotopic (exact) mass is 530 g/mol. The van der Waals surface area contributed by atoms with E-state index in [0.29, 0.717) is 31.7 Å². The van der Waals surface area contributed by atoms with Crippen molar-refractivity contribution in [2.75, 3.05) is 33.8 Å². The molecular weight excluding hydrogens is 498 g/mol. The Hall–Kier alpha value is -4.30. The van der Waals surface area contributed by atoms with E-state index >= 15 is 0 Å². The predicted molar refractivity (Wildman–Crippen MR) is 151 cm³/mol. The van der Waals surface area contributed by atoms with Crippen LogP contribution >= 0.6 is 0 Å². The van der Waals surface area contributed by atoms with Gasteiger partial charge < -0.3 is 15.0 Å². The molecule has 0 spiro atoms. The summed E-state index contributed by atoms with van der Waals surface area (Å²) in [6.07, 6.45) is 5.69. The fourth-order valence-corrected chi connectivity index (χ4v) is 4.28. The van der Waals surface area contributed by atoms with E-state index in [4.69, 9.17) is 4.74 Å². The number of rotatable bonds is 11. The molecule has 8 heteroatoms. The Balaban J connectivity index is 1.55. The van der Waals surface area contributed by atoms with Crippen LogP contribution in [0.3, 0.4) is 0 Å². The Morgan fingerprint density at radius 2 is 1.74 bits per heavy atom. The maximum atomic E-state index is 14.2. The zero-order valence-corrected chi connectivity index (χ0v) is 22.3. The van der Waals surface area contributed by atoms with Crippen molar-refractivity contribution in [1.29, 1.82) is 0 Å². The van der Waals surface area contributed by atoms with Gasteiger partial charge in [-0.2, -0.15) is 5.10 Å². The highest BCUT2D eigenvalue weighted by atomic mass is 19.2. The number of hydrogen-bond acceptors (Lipinski definition) is 4. The van der Waals surface area contributed by atoms with Crippen LogP contribution in [0.1, 0.15) is 30.0 Å². The Labute approximate surface area is 227 Å². The molecule has 0 atom stereocenters. The van der Waals surface area contributed by atoms with Gasteiger partial charge in [0.1, 0.15) is 12.4 Å². The third kappa shape index (κ3) is 6.97. The van der Waals surface area contributed by atoms with E-state index in [1.165, 1.54) is 17.0 Å². The lowest BCUT2D eigenvalue weighted by Gasteiger charge is -2.17. The Morgan fingerprint density at radius 1 is 1.00 bits per heavy atom. The molecule has 4 aromatic rings. The number of allylic oxidation sites excluding steroid dienone is 1. The van der Waals surface area contributed by atoms with E-state index in [1.54, 1.807) is 32.4 Å². The summed E-state index contributed by atoms with van der Waals surface area (Å²) in [5, 5.41) is 11.3. The first-order chi connectivity index (χ1) is 18.9. The maximum Gasteiger partial charge on any atom is 0.245 e. The molecule has 0 radical (unpaired) electrons. The van der Waals surface area contributed by atoms with Crippen molar-refractivity contribution in [3.05, 3.63) is 107 Å². The standard InChI is InChI=1S/C31H32F2N4O2/c1-4-26(22-9-13-27(32)28(33)19-22)31(23-10-14-29-24(18-23)20-35-36-29)21-7-11-25(12-8-21)39-17-16-34-15-5-6-30(38)37(2)3/h5-14,18-20,34H,4,15-17H2,1-3H3,(H,35,36)/b6-5+,31-26+. The molecule has 0 aliphatic heterocycles. The Bertz CT molecular complexity index is 1490. The van der Waals surface area contributed by atoms with E-state index in [9.17, 15) is 13.6 Å². The predicted octanol–water partition coefficient (Wildman–Crippen LogP) is 5.82. The first-order valence-electron chi connectivity index (χ1n) is 12.8. The summed E-state index contributed by atoms with van der Waals surface area (Å²) in [4.78, 5) is 13.1. The van der Waals surface area contributed by atoms with Gasteiger partial charge in [-0.25, -0.2) is 8.78 Å². The first kappa shape index (κ1) is 27.7. The largest absolute Gasteiger partial charge is 0.492 e. The highest BCUT2D eigenvalue weighted by molar-refractivity contribution is 6.00. The summed E-state index contributed by atoms with van der Waals surface area (Å²) in [5.41, 5.74) is 5.26. The number of H-pyrrole nitrogens is 1. The third-order valence-corrected chi connectivity index (χ3v) is 6.31. The van der Waals surface area contributed by atoms with Gasteiger partial charge in [0, 0.05) is 38.6 Å². The van der Waals surface area contributed by atoms with Crippen LogP contribution in [0.4, 0.5) is 8.78 Å². The second kappa shape index (κ2) is 13.0. The number of carbonyl (C=O) groups is 1. The molecule has 0 aliphatic rings. The summed E-state index contributed by atoms with van der Waals surface area (Å²) in [6, 6.07) is 17.8. The minimum absolute atomic E-state index is 0.0537. The van der Waals surface area contributed by atoms with Crippen LogP contribution in [0.15, 0.2) is 79.0 Å². The lowest BCUT2D eigenvalue weighted by Crippen LogP contribution is -2.22. The second-order valence-corrected chi connectivity index (χ2v) is 9.22. The zero-order chi connectivity index (χ0) is 27.8. The molecule has 0 bridgehead atoms. The molecule has 1 amide bonds. The minimum Gasteiger partial charge on any atom is -0.492 e. The average molecular weight is 531 g/mol. The summed E-state index contributed by atoms with van der Waals surface area (Å²) in [7, 11) is 3.42. The zero-order valence-electron chi connectivity index (χ0n) is 22.3. The molecule has 0 saturated heterocycles. The van der Waals surface area contributed by atoms with Gasteiger partial charge in [-0.1, -0.05) is 37.3 Å². The smallest absolute Gasteiger partial charge is 0.245 e. The number of aromatic nitrogens is 2. The van der Waals surface area contributed by atoms with Crippen molar-refractivity contribution in [2.24, 2.45) is 0 Å². The fourth-order valence-electron chi connectivity index (χ4n) is 4.28. The molecule has 1 heterocycles. The summed E-state index contributed by atoms with van der Waals surface area (Å²) in [5.74, 6) is -1.08. The number of likely N-dealkylation sites (N-methyl/N-ethyl adjacent to an activating group) is 1. The number of amides is 1. The normalized spacial score (nSPS) is 12.1. The molecule has 39 heavy (non-hydrogen) atoms. The summed E-state index contributed by atoms with van der Waals surface area (Å²) in [6.45, 7) is 3.65. The highest BCUT2D eigenvalue weighted by Gasteiger charge is 2.16. The quantitative estimate of drug-likeness (QED) is 0.146. The number of nitrogens with zero attached hydrogens (tertiary/aromatic N) is 2. The molecule has 6 nitrogen and oxygen atoms in total. The van der Waals surface area contributed by atoms with Crippen LogP contribution in [0.5, 0.6) is 5.75 Å². The summed E-state index contributed by atoms with van der Waals surface area (Å²) >= 11 is 0. The number of ether oxygens (including phenoxy) is 1. The van der Waals surface area contributed by atoms with E-state index in [-0.39, 0.29) is 5.91 Å². The molecule has 4 rings (SSSR count). The van der Waals surface area contributed by atoms with E-state index in [0.717, 1.165) is 45.0 Å². The lowest BCUT2D eigenvalue weighted by molar-refractivity contribution is -0.123. The lowest BCUT2D eigenvalue weighted by atomic mass is 9.88. The molecule has 0 fully saturated rings. The second-order valence-electron chi connectivity index (χ2n) is 9.22. The number of hydrogen-bond donors (Lipinski definition) is 2. The summed E-state index contributed by atoms with van der Waals surface area (Å²) < 4.78 is 33.8. The number of benzene rings is 3. The van der Waals surface area contributed by atoms with Gasteiger partial charge in [0.25, 0.3) is 0 Å². The molecule has 3 aromatic carbocycles. The molecule has 0 aliphatic carbocycles. The van der Waals surface area contributed by atoms with Crippen molar-refractivity contribution in [3.8, 4) is 5.75 Å². The average Bonchev–Trinajstić information content (AvgIpc) is 3.41. The van der Waals surface area contributed by atoms with E-state index < -0.39 is 11.6 Å². The van der Waals surface area contributed by atoms with Gasteiger partial charge >= 0.3 is 0 Å². The SMILES string of the molecule is CC/C(=C(/c1ccc(OCCNC/C=C/C(=O)N(C)C)cc1)c1ccc2[nH]ncc2c1)c1ccc(F)c(F)c1. The number of halogens is 2. The number of carbonyl (C=O) groups excluding carboxylic acids is 1. The molecule has 0 saturated carbocycles. The van der Waals surface area contributed by atoms with Gasteiger partial charge in [-0.05, 0) is 70.7 Å². The molecule has 2 N–H and O–H groups in total. The third-order valence-electron chi connectivity index (χ3n) is 6.31. The van der Waals surface area contributed by atoms with Crippen LogP contribution in [0, 0.1) is 11.6 Å². The maximum absolute atomic E-state index is 14.2.